The van der Waals surface area contributed by atoms with E-state index in [9.17, 15) is 13.5 Å². The maximum atomic E-state index is 11.6. The average molecular weight is 362 g/mol. The van der Waals surface area contributed by atoms with E-state index < -0.39 is 16.1 Å². The fourth-order valence-corrected chi connectivity index (χ4v) is 3.97. The fourth-order valence-electron chi connectivity index (χ4n) is 3.10. The number of aliphatic hydroxyl groups is 1. The van der Waals surface area contributed by atoms with Crippen molar-refractivity contribution < 1.29 is 13.5 Å². The molecule has 2 heterocycles. The van der Waals surface area contributed by atoms with E-state index in [2.05, 4.69) is 15.3 Å². The summed E-state index contributed by atoms with van der Waals surface area (Å²) < 4.78 is 24.7. The van der Waals surface area contributed by atoms with Gasteiger partial charge in [0.05, 0.1) is 12.4 Å². The minimum Gasteiger partial charge on any atom is -0.388 e. The summed E-state index contributed by atoms with van der Waals surface area (Å²) in [6.45, 7) is 0.853. The largest absolute Gasteiger partial charge is 0.388 e. The van der Waals surface area contributed by atoms with Crippen molar-refractivity contribution >= 4 is 21.5 Å². The van der Waals surface area contributed by atoms with Crippen molar-refractivity contribution in [2.45, 2.75) is 18.9 Å². The molecule has 2 aromatic rings. The van der Waals surface area contributed by atoms with Crippen LogP contribution in [0.15, 0.2) is 42.9 Å². The number of anilines is 2. The smallest absolute Gasteiger partial charge is 0.211 e. The molecule has 1 aliphatic rings. The molecule has 1 fully saturated rings. The number of para-hydroxylation sites is 1. The maximum Gasteiger partial charge on any atom is 0.211 e. The summed E-state index contributed by atoms with van der Waals surface area (Å²) in [6, 6.07) is 9.60. The highest BCUT2D eigenvalue weighted by atomic mass is 32.2. The van der Waals surface area contributed by atoms with Crippen LogP contribution in [0.1, 0.15) is 24.5 Å². The third-order valence-electron chi connectivity index (χ3n) is 4.51. The minimum atomic E-state index is -3.17. The highest BCUT2D eigenvalue weighted by Gasteiger charge is 2.31. The van der Waals surface area contributed by atoms with Crippen molar-refractivity contribution in [3.8, 4) is 0 Å². The molecule has 0 aliphatic carbocycles. The van der Waals surface area contributed by atoms with E-state index in [4.69, 9.17) is 0 Å². The summed E-state index contributed by atoms with van der Waals surface area (Å²) in [4.78, 5) is 8.30. The second-order valence-electron chi connectivity index (χ2n) is 6.26. The molecule has 1 atom stereocenters. The Kier molecular flexibility index (Phi) is 5.31. The Morgan fingerprint density at radius 1 is 1.24 bits per heavy atom. The zero-order valence-corrected chi connectivity index (χ0v) is 14.9. The molecule has 0 saturated carbocycles. The Morgan fingerprint density at radius 3 is 2.56 bits per heavy atom. The van der Waals surface area contributed by atoms with Gasteiger partial charge in [-0.3, -0.25) is 0 Å². The first-order valence-electron chi connectivity index (χ1n) is 8.20. The van der Waals surface area contributed by atoms with Crippen molar-refractivity contribution in [3.63, 3.8) is 0 Å². The van der Waals surface area contributed by atoms with Gasteiger partial charge in [0.15, 0.2) is 0 Å². The standard InChI is InChI=1S/C17H22N4O3S/c1-25(23,24)21-9-7-13(8-10-21)16(22)15-11-18-12-19-17(15)20-14-5-3-2-4-6-14/h2-6,11-13,16,22H,7-10H2,1H3,(H,18,19,20). The number of nitrogens with zero attached hydrogens (tertiary/aromatic N) is 3. The van der Waals surface area contributed by atoms with Gasteiger partial charge in [0.25, 0.3) is 0 Å². The molecule has 7 nitrogen and oxygen atoms in total. The maximum absolute atomic E-state index is 11.6. The number of rotatable bonds is 5. The molecule has 0 amide bonds. The van der Waals surface area contributed by atoms with Crippen molar-refractivity contribution in [1.29, 1.82) is 0 Å². The Morgan fingerprint density at radius 2 is 1.92 bits per heavy atom. The highest BCUT2D eigenvalue weighted by molar-refractivity contribution is 7.88. The minimum absolute atomic E-state index is 0.0275. The predicted molar refractivity (Wildman–Crippen MR) is 95.9 cm³/mol. The average Bonchev–Trinajstić information content (AvgIpc) is 2.62. The molecule has 1 aromatic heterocycles. The van der Waals surface area contributed by atoms with Crippen LogP contribution >= 0.6 is 0 Å². The molecule has 2 N–H and O–H groups in total. The Labute approximate surface area is 147 Å². The van der Waals surface area contributed by atoms with Gasteiger partial charge in [-0.1, -0.05) is 18.2 Å². The van der Waals surface area contributed by atoms with E-state index in [0.29, 0.717) is 37.3 Å². The van der Waals surface area contributed by atoms with Crippen LogP contribution in [0.25, 0.3) is 0 Å². The molecule has 134 valence electrons. The number of sulfonamides is 1. The van der Waals surface area contributed by atoms with Crippen LogP contribution in [0.4, 0.5) is 11.5 Å². The van der Waals surface area contributed by atoms with E-state index >= 15 is 0 Å². The lowest BCUT2D eigenvalue weighted by molar-refractivity contribution is 0.0762. The van der Waals surface area contributed by atoms with Gasteiger partial charge in [0.2, 0.25) is 10.0 Å². The lowest BCUT2D eigenvalue weighted by atomic mass is 9.88. The number of aliphatic hydroxyl groups excluding tert-OH is 1. The fraction of sp³-hybridized carbons (Fsp3) is 0.412. The highest BCUT2D eigenvalue weighted by Crippen LogP contribution is 2.34. The first-order valence-corrected chi connectivity index (χ1v) is 10.0. The molecule has 0 bridgehead atoms. The Hall–Kier alpha value is -2.03. The molecular formula is C17H22N4O3S. The molecule has 25 heavy (non-hydrogen) atoms. The van der Waals surface area contributed by atoms with Crippen LogP contribution in [0, 0.1) is 5.92 Å². The van der Waals surface area contributed by atoms with Crippen LogP contribution in [0.3, 0.4) is 0 Å². The van der Waals surface area contributed by atoms with Gasteiger partial charge in [0.1, 0.15) is 12.1 Å². The topological polar surface area (TPSA) is 95.4 Å². The van der Waals surface area contributed by atoms with Gasteiger partial charge in [-0.25, -0.2) is 22.7 Å². The van der Waals surface area contributed by atoms with Crippen LogP contribution in [0.5, 0.6) is 0 Å². The zero-order valence-electron chi connectivity index (χ0n) is 14.0. The monoisotopic (exact) mass is 362 g/mol. The number of hydrogen-bond donors (Lipinski definition) is 2. The van der Waals surface area contributed by atoms with E-state index in [1.54, 1.807) is 6.20 Å². The number of hydrogen-bond acceptors (Lipinski definition) is 6. The third kappa shape index (κ3) is 4.33. The molecule has 1 aliphatic heterocycles. The summed E-state index contributed by atoms with van der Waals surface area (Å²) in [5, 5.41) is 14.0. The quantitative estimate of drug-likeness (QED) is 0.844. The van der Waals surface area contributed by atoms with E-state index in [-0.39, 0.29) is 5.92 Å². The molecular weight excluding hydrogens is 340 g/mol. The molecule has 0 radical (unpaired) electrons. The molecule has 1 aromatic carbocycles. The lowest BCUT2D eigenvalue weighted by Gasteiger charge is -2.33. The van der Waals surface area contributed by atoms with Crippen molar-refractivity contribution in [3.05, 3.63) is 48.4 Å². The molecule has 1 saturated heterocycles. The number of aromatic nitrogens is 2. The summed E-state index contributed by atoms with van der Waals surface area (Å²) in [6.07, 6.45) is 4.74. The van der Waals surface area contributed by atoms with Crippen LogP contribution in [-0.4, -0.2) is 47.1 Å². The first-order chi connectivity index (χ1) is 11.9. The van der Waals surface area contributed by atoms with Gasteiger partial charge >= 0.3 is 0 Å². The van der Waals surface area contributed by atoms with Crippen molar-refractivity contribution in [1.82, 2.24) is 14.3 Å². The summed E-state index contributed by atoms with van der Waals surface area (Å²) in [7, 11) is -3.17. The number of nitrogens with one attached hydrogen (secondary N) is 1. The first kappa shape index (κ1) is 17.8. The van der Waals surface area contributed by atoms with Gasteiger partial charge in [-0.2, -0.15) is 0 Å². The van der Waals surface area contributed by atoms with Gasteiger partial charge < -0.3 is 10.4 Å². The predicted octanol–water partition coefficient (Wildman–Crippen LogP) is 1.93. The van der Waals surface area contributed by atoms with Crippen molar-refractivity contribution in [2.24, 2.45) is 5.92 Å². The van der Waals surface area contributed by atoms with E-state index in [1.165, 1.54) is 16.9 Å². The van der Waals surface area contributed by atoms with E-state index in [0.717, 1.165) is 5.69 Å². The molecule has 1 unspecified atom stereocenters. The van der Waals surface area contributed by atoms with E-state index in [1.807, 2.05) is 30.3 Å². The van der Waals surface area contributed by atoms with Gasteiger partial charge in [-0.15, -0.1) is 0 Å². The second kappa shape index (κ2) is 7.47. The summed E-state index contributed by atoms with van der Waals surface area (Å²) >= 11 is 0. The van der Waals surface area contributed by atoms with Gasteiger partial charge in [0, 0.05) is 30.5 Å². The second-order valence-corrected chi connectivity index (χ2v) is 8.24. The third-order valence-corrected chi connectivity index (χ3v) is 5.81. The zero-order chi connectivity index (χ0) is 17.9. The van der Waals surface area contributed by atoms with Crippen molar-refractivity contribution in [2.75, 3.05) is 24.7 Å². The number of benzene rings is 1. The SMILES string of the molecule is CS(=O)(=O)N1CCC(C(O)c2cncnc2Nc2ccccc2)CC1. The van der Waals surface area contributed by atoms with Crippen LogP contribution in [-0.2, 0) is 10.0 Å². The summed E-state index contributed by atoms with van der Waals surface area (Å²) in [5.74, 6) is 0.541. The van der Waals surface area contributed by atoms with Gasteiger partial charge in [-0.05, 0) is 30.9 Å². The van der Waals surface area contributed by atoms with Crippen LogP contribution < -0.4 is 5.32 Å². The molecule has 3 rings (SSSR count). The number of piperidine rings is 1. The van der Waals surface area contributed by atoms with Crippen LogP contribution in [0.2, 0.25) is 0 Å². The normalized spacial score (nSPS) is 18.0. The Bertz CT molecular complexity index is 806. The molecule has 8 heteroatoms. The molecule has 0 spiro atoms. The lowest BCUT2D eigenvalue weighted by Crippen LogP contribution is -2.39. The summed E-state index contributed by atoms with van der Waals surface area (Å²) in [5.41, 5.74) is 1.51. The Balaban J connectivity index is 1.74.